The Bertz CT molecular complexity index is 454. The van der Waals surface area contributed by atoms with Crippen LogP contribution in [-0.4, -0.2) is 48.4 Å². The maximum absolute atomic E-state index is 2.79. The largest absolute Gasteiger partial charge is 0.0698 e. The van der Waals surface area contributed by atoms with Gasteiger partial charge >= 0.3 is 0 Å². The molecule has 0 aliphatic rings. The molecule has 0 heterocycles. The molecule has 0 aliphatic heterocycles. The lowest BCUT2D eigenvalue weighted by atomic mass is 10.9. The number of hydrogen-bond acceptors (Lipinski definition) is 0. The fourth-order valence-corrected chi connectivity index (χ4v) is 71.3. The summed E-state index contributed by atoms with van der Waals surface area (Å²) in [4.78, 5) is 0. The summed E-state index contributed by atoms with van der Waals surface area (Å²) >= 11 is 0. The molecule has 0 aromatic rings. The molecule has 0 saturated carbocycles. The highest BCUT2D eigenvalue weighted by Gasteiger charge is 2.44. The van der Waals surface area contributed by atoms with E-state index in [0.29, 0.717) is 0 Å². The first-order valence-corrected chi connectivity index (χ1v) is 33.2. The molecule has 0 radical (unpaired) electrons. The van der Waals surface area contributed by atoms with Crippen molar-refractivity contribution in [1.82, 2.24) is 0 Å². The van der Waals surface area contributed by atoms with E-state index in [-0.39, 0.29) is 0 Å². The summed E-state index contributed by atoms with van der Waals surface area (Å²) in [5.74, 6) is 0. The lowest BCUT2D eigenvalue weighted by Gasteiger charge is -2.44. The van der Waals surface area contributed by atoms with Crippen molar-refractivity contribution < 1.29 is 0 Å². The fraction of sp³-hybridized carbons (Fsp3) is 1.00. The Morgan fingerprint density at radius 1 is 0.290 bits per heavy atom. The summed E-state index contributed by atoms with van der Waals surface area (Å²) < 4.78 is 0. The van der Waals surface area contributed by atoms with E-state index in [0.717, 1.165) is 0 Å². The molecule has 0 N–H and O–H groups in total. The molecule has 0 amide bonds. The molecule has 0 saturated heterocycles. The van der Waals surface area contributed by atoms with Crippen LogP contribution >= 0.6 is 0 Å². The molecule has 0 nitrogen and oxygen atoms in total. The third kappa shape index (κ3) is 11.1. The molecule has 31 heavy (non-hydrogen) atoms. The minimum atomic E-state index is -1.12. The van der Waals surface area contributed by atoms with Crippen LogP contribution in [0.4, 0.5) is 0 Å². The van der Waals surface area contributed by atoms with Crippen LogP contribution in [0.15, 0.2) is 0 Å². The molecule has 6 heteroatoms. The van der Waals surface area contributed by atoms with Gasteiger partial charge in [0.25, 0.3) is 0 Å². The monoisotopic (exact) mass is 532 g/mol. The van der Waals surface area contributed by atoms with Crippen LogP contribution in [0.3, 0.4) is 0 Å². The third-order valence-corrected chi connectivity index (χ3v) is 54.7. The Morgan fingerprint density at radius 2 is 0.452 bits per heavy atom. The Balaban J connectivity index is 5.33. The zero-order valence-corrected chi connectivity index (χ0v) is 30.8. The van der Waals surface area contributed by atoms with Crippen molar-refractivity contribution in [3.05, 3.63) is 0 Å². The van der Waals surface area contributed by atoms with Crippen LogP contribution in [-0.2, 0) is 0 Å². The van der Waals surface area contributed by atoms with E-state index < -0.39 is 48.4 Å². The maximum atomic E-state index is 2.79. The Hall–Kier alpha value is 1.30. The second-order valence-corrected chi connectivity index (χ2v) is 49.3. The van der Waals surface area contributed by atoms with E-state index >= 15 is 0 Å². The topological polar surface area (TPSA) is 0 Å². The normalized spacial score (nSPS) is 14.9. The standard InChI is InChI=1S/C25H64Si6/c1-15-30(16-2,17-3)24-28(11,12)22-26(7,8)21-27(9,10)23-29(13,14)25-31(18-4,19-5)20-6/h15-25H2,1-14H3. The smallest absolute Gasteiger partial charge is 0.0501 e. The van der Waals surface area contributed by atoms with Gasteiger partial charge in [0.15, 0.2) is 0 Å². The van der Waals surface area contributed by atoms with Crippen molar-refractivity contribution in [1.29, 1.82) is 0 Å². The van der Waals surface area contributed by atoms with Crippen LogP contribution in [0.1, 0.15) is 41.5 Å². The average Bonchev–Trinajstić information content (AvgIpc) is 2.61. The minimum Gasteiger partial charge on any atom is -0.0698 e. The van der Waals surface area contributed by atoms with Gasteiger partial charge in [0.05, 0.1) is 16.1 Å². The predicted molar refractivity (Wildman–Crippen MR) is 168 cm³/mol. The van der Waals surface area contributed by atoms with Crippen LogP contribution in [0.25, 0.3) is 0 Å². The van der Waals surface area contributed by atoms with Crippen molar-refractivity contribution >= 4 is 48.4 Å². The van der Waals surface area contributed by atoms with Gasteiger partial charge in [0.2, 0.25) is 0 Å². The molecule has 0 spiro atoms. The van der Waals surface area contributed by atoms with E-state index in [9.17, 15) is 0 Å². The van der Waals surface area contributed by atoms with E-state index in [2.05, 4.69) is 93.9 Å². The summed E-state index contributed by atoms with van der Waals surface area (Å²) in [6.07, 6.45) is 0. The first-order valence-electron chi connectivity index (χ1n) is 13.9. The summed E-state index contributed by atoms with van der Waals surface area (Å²) in [7, 11) is -6.37. The molecule has 0 rings (SSSR count). The van der Waals surface area contributed by atoms with E-state index in [4.69, 9.17) is 0 Å². The zero-order chi connectivity index (χ0) is 24.8. The van der Waals surface area contributed by atoms with Crippen LogP contribution in [0, 0.1) is 0 Å². The lowest BCUT2D eigenvalue weighted by Crippen LogP contribution is -2.52. The molecule has 0 bridgehead atoms. The van der Waals surface area contributed by atoms with E-state index in [1.807, 2.05) is 0 Å². The highest BCUT2D eigenvalue weighted by molar-refractivity contribution is 7.09. The van der Waals surface area contributed by atoms with Gasteiger partial charge in [-0.1, -0.05) is 159 Å². The van der Waals surface area contributed by atoms with Crippen molar-refractivity contribution in [3.8, 4) is 0 Å². The van der Waals surface area contributed by atoms with E-state index in [1.165, 1.54) is 36.3 Å². The Labute approximate surface area is 206 Å². The van der Waals surface area contributed by atoms with Gasteiger partial charge in [-0.2, -0.15) is 0 Å². The molecule has 0 aliphatic carbocycles. The SMILES string of the molecule is CC[Si](CC)(CC)C[Si](C)(C)C[Si](C)(C)C[Si](C)(C)C[Si](C)(C)C[Si](CC)(CC)CC. The summed E-state index contributed by atoms with van der Waals surface area (Å²) in [5.41, 5.74) is 8.51. The second kappa shape index (κ2) is 12.3. The van der Waals surface area contributed by atoms with Gasteiger partial charge in [-0.05, 0) is 0 Å². The summed E-state index contributed by atoms with van der Waals surface area (Å²) in [6, 6.07) is 9.15. The molecule has 0 aromatic heterocycles. The highest BCUT2D eigenvalue weighted by atomic mass is 28.4. The third-order valence-electron chi connectivity index (χ3n) is 9.08. The van der Waals surface area contributed by atoms with Gasteiger partial charge in [0.1, 0.15) is 0 Å². The molecular weight excluding hydrogens is 469 g/mol. The minimum absolute atomic E-state index is 0.982. The van der Waals surface area contributed by atoms with Crippen LogP contribution < -0.4 is 0 Å². The van der Waals surface area contributed by atoms with Gasteiger partial charge in [-0.15, -0.1) is 0 Å². The second-order valence-electron chi connectivity index (χ2n) is 14.7. The first kappa shape index (κ1) is 32.3. The summed E-state index contributed by atoms with van der Waals surface area (Å²) in [5, 5.41) is 0. The molecule has 0 fully saturated rings. The molecule has 0 unspecified atom stereocenters. The van der Waals surface area contributed by atoms with Crippen molar-refractivity contribution in [2.75, 3.05) is 0 Å². The Morgan fingerprint density at radius 3 is 0.613 bits per heavy atom. The van der Waals surface area contributed by atoms with Gasteiger partial charge in [-0.3, -0.25) is 0 Å². The van der Waals surface area contributed by atoms with Gasteiger partial charge in [0, 0.05) is 32.3 Å². The average molecular weight is 533 g/mol. The number of hydrogen-bond donors (Lipinski definition) is 0. The zero-order valence-electron chi connectivity index (χ0n) is 24.8. The quantitative estimate of drug-likeness (QED) is 0.173. The van der Waals surface area contributed by atoms with E-state index in [1.54, 1.807) is 28.3 Å². The van der Waals surface area contributed by atoms with Crippen molar-refractivity contribution in [3.63, 3.8) is 0 Å². The lowest BCUT2D eigenvalue weighted by molar-refractivity contribution is 1.15. The van der Waals surface area contributed by atoms with Crippen LogP contribution in [0.2, 0.25) is 117 Å². The van der Waals surface area contributed by atoms with Gasteiger partial charge in [-0.25, -0.2) is 0 Å². The Kier molecular flexibility index (Phi) is 12.8. The van der Waals surface area contributed by atoms with Crippen molar-refractivity contribution in [2.45, 2.75) is 159 Å². The molecular formula is C25H64Si6. The van der Waals surface area contributed by atoms with Gasteiger partial charge < -0.3 is 0 Å². The predicted octanol–water partition coefficient (Wildman–Crippen LogP) is 10.5. The van der Waals surface area contributed by atoms with Crippen molar-refractivity contribution in [2.24, 2.45) is 0 Å². The summed E-state index contributed by atoms with van der Waals surface area (Å²) in [6.45, 7) is 37.4. The highest BCUT2D eigenvalue weighted by Crippen LogP contribution is 2.39. The molecule has 0 atom stereocenters. The number of rotatable bonds is 16. The van der Waals surface area contributed by atoms with Crippen LogP contribution in [0.5, 0.6) is 0 Å². The molecule has 0 aromatic carbocycles. The fourth-order valence-electron chi connectivity index (χ4n) is 8.42. The molecule has 188 valence electrons. The maximum Gasteiger partial charge on any atom is 0.0501 e. The first-order chi connectivity index (χ1) is 13.9.